The van der Waals surface area contributed by atoms with Crippen molar-refractivity contribution in [2.45, 2.75) is 18.7 Å². The lowest BCUT2D eigenvalue weighted by Crippen LogP contribution is -2.42. The molecule has 0 bridgehead atoms. The van der Waals surface area contributed by atoms with Gasteiger partial charge in [-0.15, -0.1) is 17.8 Å². The predicted octanol–water partition coefficient (Wildman–Crippen LogP) is 5.68. The Hall–Kier alpha value is -1.65. The smallest absolute Gasteiger partial charge is 0.264 e. The number of hydroxylamine groups is 1. The van der Waals surface area contributed by atoms with E-state index in [1.54, 1.807) is 13.0 Å². The maximum Gasteiger partial charge on any atom is 0.428 e. The van der Waals surface area contributed by atoms with Crippen molar-refractivity contribution < 1.29 is 18.0 Å². The number of alkyl halides is 3. The van der Waals surface area contributed by atoms with Crippen molar-refractivity contribution in [3.8, 4) is 12.3 Å². The summed E-state index contributed by atoms with van der Waals surface area (Å²) >= 11 is 12.9. The van der Waals surface area contributed by atoms with E-state index in [-0.39, 0.29) is 21.3 Å². The van der Waals surface area contributed by atoms with Crippen LogP contribution in [0, 0.1) is 19.3 Å². The SMILES string of the molecule is C#Cc1sc(C2=CC(c3cc(Cl)cc(Cl)c3)(C(F)(F)F)ON2)cc1C. The zero-order chi connectivity index (χ0) is 18.4. The van der Waals surface area contributed by atoms with Gasteiger partial charge in [-0.3, -0.25) is 10.3 Å². The van der Waals surface area contributed by atoms with Crippen LogP contribution >= 0.6 is 34.5 Å². The van der Waals surface area contributed by atoms with Gasteiger partial charge in [0.25, 0.3) is 0 Å². The molecule has 0 fully saturated rings. The molecule has 0 saturated heterocycles. The first-order valence-corrected chi connectivity index (χ1v) is 8.51. The third kappa shape index (κ3) is 3.13. The average Bonchev–Trinajstić information content (AvgIpc) is 3.10. The number of aryl methyl sites for hydroxylation is 1. The summed E-state index contributed by atoms with van der Waals surface area (Å²) in [7, 11) is 0. The Morgan fingerprint density at radius 3 is 2.36 bits per heavy atom. The first-order chi connectivity index (χ1) is 11.7. The Morgan fingerprint density at radius 2 is 1.84 bits per heavy atom. The first kappa shape index (κ1) is 18.2. The summed E-state index contributed by atoms with van der Waals surface area (Å²) in [6, 6.07) is 5.41. The summed E-state index contributed by atoms with van der Waals surface area (Å²) in [6.45, 7) is 1.79. The highest BCUT2D eigenvalue weighted by Crippen LogP contribution is 2.48. The van der Waals surface area contributed by atoms with Crippen LogP contribution in [0.5, 0.6) is 0 Å². The van der Waals surface area contributed by atoms with Crippen LogP contribution in [-0.4, -0.2) is 6.18 Å². The van der Waals surface area contributed by atoms with E-state index in [4.69, 9.17) is 34.5 Å². The molecule has 0 spiro atoms. The van der Waals surface area contributed by atoms with Gasteiger partial charge >= 0.3 is 6.18 Å². The molecule has 1 aromatic carbocycles. The van der Waals surface area contributed by atoms with E-state index in [1.807, 2.05) is 0 Å². The molecule has 3 rings (SSSR count). The van der Waals surface area contributed by atoms with E-state index in [2.05, 4.69) is 11.4 Å². The maximum absolute atomic E-state index is 13.9. The van der Waals surface area contributed by atoms with Gasteiger partial charge in [0.15, 0.2) is 0 Å². The largest absolute Gasteiger partial charge is 0.428 e. The molecule has 1 aromatic heterocycles. The molecule has 0 aliphatic carbocycles. The lowest BCUT2D eigenvalue weighted by molar-refractivity contribution is -0.269. The topological polar surface area (TPSA) is 21.3 Å². The number of terminal acetylenes is 1. The number of hydrogen-bond donors (Lipinski definition) is 1. The van der Waals surface area contributed by atoms with Crippen molar-refractivity contribution in [2.75, 3.05) is 0 Å². The van der Waals surface area contributed by atoms with Gasteiger partial charge in [-0.25, -0.2) is 0 Å². The van der Waals surface area contributed by atoms with Gasteiger partial charge in [-0.2, -0.15) is 13.2 Å². The normalized spacial score (nSPS) is 20.1. The third-order valence-electron chi connectivity index (χ3n) is 3.70. The molecular formula is C17H10Cl2F3NOS. The van der Waals surface area contributed by atoms with Gasteiger partial charge in [-0.1, -0.05) is 29.1 Å². The number of thiophene rings is 1. The highest BCUT2D eigenvalue weighted by Gasteiger charge is 2.59. The monoisotopic (exact) mass is 403 g/mol. The molecule has 0 radical (unpaired) electrons. The molecule has 1 aliphatic rings. The Kier molecular flexibility index (Phi) is 4.54. The molecule has 130 valence electrons. The lowest BCUT2D eigenvalue weighted by Gasteiger charge is -2.28. The van der Waals surface area contributed by atoms with Crippen LogP contribution in [-0.2, 0) is 10.4 Å². The van der Waals surface area contributed by atoms with E-state index in [1.165, 1.54) is 29.5 Å². The number of hydrogen-bond acceptors (Lipinski definition) is 3. The number of nitrogens with one attached hydrogen (secondary N) is 1. The summed E-state index contributed by atoms with van der Waals surface area (Å²) < 4.78 is 41.6. The van der Waals surface area contributed by atoms with Crippen LogP contribution < -0.4 is 5.48 Å². The van der Waals surface area contributed by atoms with Gasteiger partial charge in [0, 0.05) is 15.6 Å². The fraction of sp³-hybridized carbons (Fsp3) is 0.176. The lowest BCUT2D eigenvalue weighted by atomic mass is 9.92. The fourth-order valence-corrected chi connectivity index (χ4v) is 3.96. The Balaban J connectivity index is 2.15. The van der Waals surface area contributed by atoms with Gasteiger partial charge in [-0.05, 0) is 42.8 Å². The second-order valence-corrected chi connectivity index (χ2v) is 7.35. The Labute approximate surface area is 156 Å². The van der Waals surface area contributed by atoms with Crippen molar-refractivity contribution in [1.82, 2.24) is 5.48 Å². The van der Waals surface area contributed by atoms with Gasteiger partial charge in [0.1, 0.15) is 0 Å². The maximum atomic E-state index is 13.9. The van der Waals surface area contributed by atoms with Crippen molar-refractivity contribution in [1.29, 1.82) is 0 Å². The van der Waals surface area contributed by atoms with E-state index in [0.717, 1.165) is 11.6 Å². The Bertz CT molecular complexity index is 893. The van der Waals surface area contributed by atoms with Crippen LogP contribution in [0.2, 0.25) is 10.0 Å². The molecule has 0 amide bonds. The minimum absolute atomic E-state index is 0.0816. The standard InChI is InChI=1S/C17H10Cl2F3NOS/c1-3-14-9(2)4-15(25-14)13-8-16(24-23-13,17(20,21)22)10-5-11(18)7-12(19)6-10/h1,4-8,23H,2H3. The summed E-state index contributed by atoms with van der Waals surface area (Å²) in [5, 5.41) is 0.163. The molecule has 1 atom stereocenters. The number of halogens is 5. The number of rotatable bonds is 2. The van der Waals surface area contributed by atoms with Crippen molar-refractivity contribution in [2.24, 2.45) is 0 Å². The second kappa shape index (κ2) is 6.26. The molecule has 1 N–H and O–H groups in total. The predicted molar refractivity (Wildman–Crippen MR) is 93.4 cm³/mol. The molecule has 0 saturated carbocycles. The van der Waals surface area contributed by atoms with Crippen LogP contribution in [0.15, 0.2) is 30.3 Å². The van der Waals surface area contributed by atoms with Gasteiger partial charge in [0.2, 0.25) is 5.60 Å². The van der Waals surface area contributed by atoms with Crippen molar-refractivity contribution >= 4 is 40.2 Å². The molecule has 25 heavy (non-hydrogen) atoms. The van der Waals surface area contributed by atoms with Crippen molar-refractivity contribution in [3.05, 3.63) is 61.3 Å². The highest BCUT2D eigenvalue weighted by molar-refractivity contribution is 7.13. The molecule has 1 aliphatic heterocycles. The molecule has 2 aromatic rings. The van der Waals surface area contributed by atoms with E-state index in [9.17, 15) is 13.2 Å². The molecule has 2 heterocycles. The van der Waals surface area contributed by atoms with Crippen LogP contribution in [0.3, 0.4) is 0 Å². The summed E-state index contributed by atoms with van der Waals surface area (Å²) in [4.78, 5) is 6.21. The van der Waals surface area contributed by atoms with E-state index < -0.39 is 11.8 Å². The minimum atomic E-state index is -4.74. The van der Waals surface area contributed by atoms with Crippen molar-refractivity contribution in [3.63, 3.8) is 0 Å². The van der Waals surface area contributed by atoms with Gasteiger partial charge in [0.05, 0.1) is 15.5 Å². The Morgan fingerprint density at radius 1 is 1.20 bits per heavy atom. The number of benzene rings is 1. The quantitative estimate of drug-likeness (QED) is 0.651. The van der Waals surface area contributed by atoms with Crippen LogP contribution in [0.1, 0.15) is 20.9 Å². The summed E-state index contributed by atoms with van der Waals surface area (Å²) in [6.07, 6.45) is 1.62. The first-order valence-electron chi connectivity index (χ1n) is 6.94. The summed E-state index contributed by atoms with van der Waals surface area (Å²) in [5.41, 5.74) is 0.438. The van der Waals surface area contributed by atoms with E-state index in [0.29, 0.717) is 9.75 Å². The summed E-state index contributed by atoms with van der Waals surface area (Å²) in [5.74, 6) is 2.50. The minimum Gasteiger partial charge on any atom is -0.264 e. The van der Waals surface area contributed by atoms with Crippen LogP contribution in [0.25, 0.3) is 5.70 Å². The van der Waals surface area contributed by atoms with Gasteiger partial charge < -0.3 is 0 Å². The molecule has 8 heteroatoms. The highest BCUT2D eigenvalue weighted by atomic mass is 35.5. The van der Waals surface area contributed by atoms with E-state index >= 15 is 0 Å². The zero-order valence-electron chi connectivity index (χ0n) is 12.7. The fourth-order valence-electron chi connectivity index (χ4n) is 2.49. The average molecular weight is 404 g/mol. The molecule has 1 unspecified atom stereocenters. The second-order valence-electron chi connectivity index (χ2n) is 5.42. The molecule has 2 nitrogen and oxygen atoms in total. The molecular weight excluding hydrogens is 394 g/mol. The van der Waals surface area contributed by atoms with Crippen LogP contribution in [0.4, 0.5) is 13.2 Å². The third-order valence-corrected chi connectivity index (χ3v) is 5.33. The zero-order valence-corrected chi connectivity index (χ0v) is 15.0.